The predicted molar refractivity (Wildman–Crippen MR) is 87.1 cm³/mol. The van der Waals surface area contributed by atoms with Crippen LogP contribution in [0.15, 0.2) is 36.5 Å². The van der Waals surface area contributed by atoms with Gasteiger partial charge in [-0.05, 0) is 24.4 Å². The molecule has 6 heteroatoms. The van der Waals surface area contributed by atoms with Gasteiger partial charge in [0.05, 0.1) is 6.61 Å². The zero-order valence-electron chi connectivity index (χ0n) is 13.3. The van der Waals surface area contributed by atoms with Crippen molar-refractivity contribution in [3.8, 4) is 0 Å². The summed E-state index contributed by atoms with van der Waals surface area (Å²) in [5.41, 5.74) is 1.06. The monoisotopic (exact) mass is 315 g/mol. The molecule has 0 unspecified atom stereocenters. The lowest BCUT2D eigenvalue weighted by atomic mass is 10.2. The maximum absolute atomic E-state index is 12.5. The van der Waals surface area contributed by atoms with E-state index in [1.165, 1.54) is 0 Å². The maximum atomic E-state index is 12.5. The Bertz CT molecular complexity index is 702. The van der Waals surface area contributed by atoms with Crippen molar-refractivity contribution in [3.63, 3.8) is 0 Å². The first-order chi connectivity index (χ1) is 11.2. The van der Waals surface area contributed by atoms with E-state index in [1.807, 2.05) is 46.0 Å². The van der Waals surface area contributed by atoms with Crippen molar-refractivity contribution in [2.75, 3.05) is 32.8 Å². The van der Waals surface area contributed by atoms with Gasteiger partial charge in [0.1, 0.15) is 6.54 Å². The summed E-state index contributed by atoms with van der Waals surface area (Å²) >= 11 is 0. The fourth-order valence-corrected chi connectivity index (χ4v) is 2.88. The van der Waals surface area contributed by atoms with Crippen LogP contribution in [0.2, 0.25) is 0 Å². The van der Waals surface area contributed by atoms with Gasteiger partial charge in [-0.25, -0.2) is 4.79 Å². The lowest BCUT2D eigenvalue weighted by molar-refractivity contribution is -0.133. The Hall–Kier alpha value is -2.50. The quantitative estimate of drug-likeness (QED) is 0.870. The van der Waals surface area contributed by atoms with Crippen LogP contribution in [0.3, 0.4) is 0 Å². The fraction of sp³-hybridized carbons (Fsp3) is 0.412. The SMILES string of the molecule is CCOC(=O)N1CCN(C(=O)Cn2ccc3ccccc32)CC1. The van der Waals surface area contributed by atoms with Crippen LogP contribution in [0.4, 0.5) is 4.79 Å². The van der Waals surface area contributed by atoms with Crippen molar-refractivity contribution < 1.29 is 14.3 Å². The molecule has 0 N–H and O–H groups in total. The van der Waals surface area contributed by atoms with Crippen molar-refractivity contribution >= 4 is 22.9 Å². The molecule has 2 aromatic rings. The molecule has 0 aliphatic carbocycles. The van der Waals surface area contributed by atoms with Crippen LogP contribution in [0, 0.1) is 0 Å². The van der Waals surface area contributed by atoms with Crippen LogP contribution < -0.4 is 0 Å². The standard InChI is InChI=1S/C17H21N3O3/c1-2-23-17(22)19-11-9-18(10-12-19)16(21)13-20-8-7-14-5-3-4-6-15(14)20/h3-8H,2,9-13H2,1H3. The molecule has 0 atom stereocenters. The third-order valence-corrected chi connectivity index (χ3v) is 4.14. The third-order valence-electron chi connectivity index (χ3n) is 4.14. The van der Waals surface area contributed by atoms with Gasteiger partial charge in [-0.3, -0.25) is 4.79 Å². The Morgan fingerprint density at radius 1 is 1.04 bits per heavy atom. The van der Waals surface area contributed by atoms with E-state index < -0.39 is 0 Å². The molecule has 2 amide bonds. The molecule has 0 saturated carbocycles. The second-order valence-corrected chi connectivity index (χ2v) is 5.57. The van der Waals surface area contributed by atoms with Crippen molar-refractivity contribution in [1.82, 2.24) is 14.4 Å². The van der Waals surface area contributed by atoms with Crippen LogP contribution in [0.1, 0.15) is 6.92 Å². The number of hydrogen-bond acceptors (Lipinski definition) is 3. The summed E-state index contributed by atoms with van der Waals surface area (Å²) in [6.45, 7) is 4.65. The molecule has 122 valence electrons. The van der Waals surface area contributed by atoms with Crippen LogP contribution in [0.25, 0.3) is 10.9 Å². The number of carbonyl (C=O) groups is 2. The molecule has 1 aromatic carbocycles. The number of para-hydroxylation sites is 1. The number of fused-ring (bicyclic) bond motifs is 1. The maximum Gasteiger partial charge on any atom is 0.409 e. The Morgan fingerprint density at radius 2 is 1.74 bits per heavy atom. The summed E-state index contributed by atoms with van der Waals surface area (Å²) in [5.74, 6) is 0.0786. The van der Waals surface area contributed by atoms with Gasteiger partial charge in [0.15, 0.2) is 0 Å². The largest absolute Gasteiger partial charge is 0.450 e. The van der Waals surface area contributed by atoms with E-state index in [1.54, 1.807) is 11.8 Å². The van der Waals surface area contributed by atoms with Gasteiger partial charge in [-0.2, -0.15) is 0 Å². The zero-order chi connectivity index (χ0) is 16.2. The molecule has 0 spiro atoms. The van der Waals surface area contributed by atoms with Gasteiger partial charge in [0, 0.05) is 37.9 Å². The number of rotatable bonds is 3. The Kier molecular flexibility index (Phi) is 4.50. The number of nitrogens with zero attached hydrogens (tertiary/aromatic N) is 3. The first-order valence-corrected chi connectivity index (χ1v) is 7.92. The lowest BCUT2D eigenvalue weighted by Crippen LogP contribution is -2.51. The minimum absolute atomic E-state index is 0.0786. The number of hydrogen-bond donors (Lipinski definition) is 0. The van der Waals surface area contributed by atoms with Gasteiger partial charge in [-0.15, -0.1) is 0 Å². The van der Waals surface area contributed by atoms with Crippen LogP contribution >= 0.6 is 0 Å². The highest BCUT2D eigenvalue weighted by Crippen LogP contribution is 2.15. The minimum atomic E-state index is -0.295. The van der Waals surface area contributed by atoms with E-state index in [0.29, 0.717) is 39.3 Å². The normalized spacial score (nSPS) is 15.0. The molecule has 6 nitrogen and oxygen atoms in total. The first-order valence-electron chi connectivity index (χ1n) is 7.92. The van der Waals surface area contributed by atoms with E-state index in [-0.39, 0.29) is 12.0 Å². The number of benzene rings is 1. The van der Waals surface area contributed by atoms with E-state index in [9.17, 15) is 9.59 Å². The molecule has 1 aliphatic heterocycles. The number of aromatic nitrogens is 1. The zero-order valence-corrected chi connectivity index (χ0v) is 13.3. The van der Waals surface area contributed by atoms with Crippen molar-refractivity contribution in [2.24, 2.45) is 0 Å². The molecule has 0 bridgehead atoms. The van der Waals surface area contributed by atoms with Gasteiger partial charge < -0.3 is 19.1 Å². The number of carbonyl (C=O) groups excluding carboxylic acids is 2. The van der Waals surface area contributed by atoms with E-state index in [4.69, 9.17) is 4.74 Å². The number of piperazine rings is 1. The highest BCUT2D eigenvalue weighted by molar-refractivity contribution is 5.83. The van der Waals surface area contributed by atoms with Crippen molar-refractivity contribution in [2.45, 2.75) is 13.5 Å². The van der Waals surface area contributed by atoms with Gasteiger partial charge in [0.2, 0.25) is 5.91 Å². The van der Waals surface area contributed by atoms with Gasteiger partial charge in [0.25, 0.3) is 0 Å². The fourth-order valence-electron chi connectivity index (χ4n) is 2.88. The average Bonchev–Trinajstić information content (AvgIpc) is 2.98. The third kappa shape index (κ3) is 3.31. The first kappa shape index (κ1) is 15.4. The molecule has 2 heterocycles. The number of amides is 2. The van der Waals surface area contributed by atoms with Gasteiger partial charge in [-0.1, -0.05) is 18.2 Å². The molecule has 3 rings (SSSR count). The van der Waals surface area contributed by atoms with Crippen LogP contribution in [-0.2, 0) is 16.1 Å². The second-order valence-electron chi connectivity index (χ2n) is 5.57. The molecule has 1 fully saturated rings. The van der Waals surface area contributed by atoms with Crippen molar-refractivity contribution in [1.29, 1.82) is 0 Å². The summed E-state index contributed by atoms with van der Waals surface area (Å²) in [6.07, 6.45) is 1.65. The van der Waals surface area contributed by atoms with E-state index >= 15 is 0 Å². The van der Waals surface area contributed by atoms with E-state index in [2.05, 4.69) is 0 Å². The predicted octanol–water partition coefficient (Wildman–Crippen LogP) is 1.94. The molecular weight excluding hydrogens is 294 g/mol. The Balaban J connectivity index is 1.59. The van der Waals surface area contributed by atoms with Crippen LogP contribution in [0.5, 0.6) is 0 Å². The highest BCUT2D eigenvalue weighted by Gasteiger charge is 2.24. The second kappa shape index (κ2) is 6.73. The smallest absolute Gasteiger partial charge is 0.409 e. The summed E-state index contributed by atoms with van der Waals surface area (Å²) in [5, 5.41) is 1.13. The summed E-state index contributed by atoms with van der Waals surface area (Å²) in [4.78, 5) is 27.6. The summed E-state index contributed by atoms with van der Waals surface area (Å²) in [7, 11) is 0. The summed E-state index contributed by atoms with van der Waals surface area (Å²) in [6, 6.07) is 10.0. The Morgan fingerprint density at radius 3 is 2.48 bits per heavy atom. The molecule has 0 radical (unpaired) electrons. The highest BCUT2D eigenvalue weighted by atomic mass is 16.6. The molecular formula is C17H21N3O3. The molecule has 1 aromatic heterocycles. The van der Waals surface area contributed by atoms with Crippen molar-refractivity contribution in [3.05, 3.63) is 36.5 Å². The average molecular weight is 315 g/mol. The molecule has 23 heavy (non-hydrogen) atoms. The molecule has 1 saturated heterocycles. The van der Waals surface area contributed by atoms with Crippen LogP contribution in [-0.4, -0.2) is 59.2 Å². The minimum Gasteiger partial charge on any atom is -0.450 e. The topological polar surface area (TPSA) is 54.8 Å². The van der Waals surface area contributed by atoms with Gasteiger partial charge >= 0.3 is 6.09 Å². The lowest BCUT2D eigenvalue weighted by Gasteiger charge is -2.34. The summed E-state index contributed by atoms with van der Waals surface area (Å²) < 4.78 is 6.96. The number of ether oxygens (including phenoxy) is 1. The molecule has 1 aliphatic rings. The van der Waals surface area contributed by atoms with E-state index in [0.717, 1.165) is 10.9 Å². The Labute approximate surface area is 135 Å².